The van der Waals surface area contributed by atoms with Crippen molar-refractivity contribution in [3.8, 4) is 17.0 Å². The molecule has 1 aromatic carbocycles. The molecule has 2 aromatic heterocycles. The van der Waals surface area contributed by atoms with E-state index in [1.165, 1.54) is 12.3 Å². The normalized spacial score (nSPS) is 13.4. The third kappa shape index (κ3) is 5.20. The maximum atomic E-state index is 13.5. The van der Waals surface area contributed by atoms with E-state index < -0.39 is 27.0 Å². The molecule has 1 atom stereocenters. The van der Waals surface area contributed by atoms with E-state index in [1.54, 1.807) is 6.07 Å². The van der Waals surface area contributed by atoms with Gasteiger partial charge in [-0.25, -0.2) is 14.4 Å². The van der Waals surface area contributed by atoms with E-state index in [-0.39, 0.29) is 11.6 Å². The Balaban J connectivity index is 1.71. The molecule has 0 fully saturated rings. The van der Waals surface area contributed by atoms with Crippen LogP contribution in [0.3, 0.4) is 0 Å². The zero-order valence-electron chi connectivity index (χ0n) is 18.1. The average Bonchev–Trinajstić information content (AvgIpc) is 2.70. The average molecular weight is 431 g/mol. The van der Waals surface area contributed by atoms with Gasteiger partial charge in [0.1, 0.15) is 25.1 Å². The maximum absolute atomic E-state index is 13.5. The molecule has 0 aliphatic rings. The Kier molecular flexibility index (Phi) is 6.52. The van der Waals surface area contributed by atoms with E-state index in [0.717, 1.165) is 16.5 Å². The molecule has 3 rings (SSSR count). The monoisotopic (exact) mass is 430 g/mol. The summed E-state index contributed by atoms with van der Waals surface area (Å²) in [7, 11) is -2.07. The van der Waals surface area contributed by atoms with Gasteiger partial charge in [-0.05, 0) is 54.5 Å². The van der Waals surface area contributed by atoms with Crippen LogP contribution in [0, 0.1) is 5.95 Å². The molecule has 1 unspecified atom stereocenters. The number of benzene rings is 1. The second-order valence-electron chi connectivity index (χ2n) is 8.89. The van der Waals surface area contributed by atoms with Crippen LogP contribution in [0.15, 0.2) is 48.7 Å². The second kappa shape index (κ2) is 8.77. The molecule has 0 N–H and O–H groups in total. The standard InChI is InChI=1S/C23H28F2N2O2Si/c1-23(2,3)30(4,5)29-19(13-24)15-28-18-8-10-20-16(12-18)6-9-21(27-20)17-7-11-22(25)26-14-17/h6-12,14,19H,13,15H2,1-5H3. The van der Waals surface area contributed by atoms with Gasteiger partial charge in [-0.3, -0.25) is 0 Å². The van der Waals surface area contributed by atoms with Crippen molar-refractivity contribution in [2.24, 2.45) is 0 Å². The lowest BCUT2D eigenvalue weighted by Crippen LogP contribution is -2.46. The van der Waals surface area contributed by atoms with E-state index in [4.69, 9.17) is 9.16 Å². The van der Waals surface area contributed by atoms with Gasteiger partial charge < -0.3 is 9.16 Å². The Hall–Kier alpha value is -2.38. The Morgan fingerprint density at radius 3 is 2.47 bits per heavy atom. The molecule has 0 amide bonds. The number of rotatable bonds is 7. The Labute approximate surface area is 177 Å². The minimum Gasteiger partial charge on any atom is -0.491 e. The molecule has 0 bridgehead atoms. The number of alkyl halides is 1. The third-order valence-corrected chi connectivity index (χ3v) is 10.1. The van der Waals surface area contributed by atoms with Gasteiger partial charge in [0.15, 0.2) is 8.32 Å². The fourth-order valence-electron chi connectivity index (χ4n) is 2.77. The van der Waals surface area contributed by atoms with Crippen molar-refractivity contribution in [3.63, 3.8) is 0 Å². The lowest BCUT2D eigenvalue weighted by atomic mass is 10.1. The van der Waals surface area contributed by atoms with Gasteiger partial charge in [-0.2, -0.15) is 4.39 Å². The van der Waals surface area contributed by atoms with Gasteiger partial charge in [0.05, 0.1) is 11.2 Å². The van der Waals surface area contributed by atoms with Crippen LogP contribution < -0.4 is 4.74 Å². The van der Waals surface area contributed by atoms with Crippen LogP contribution in [0.25, 0.3) is 22.2 Å². The van der Waals surface area contributed by atoms with E-state index in [2.05, 4.69) is 43.8 Å². The number of nitrogens with zero attached hydrogens (tertiary/aromatic N) is 2. The number of fused-ring (bicyclic) bond motifs is 1. The first kappa shape index (κ1) is 22.3. The molecular formula is C23H28F2N2O2Si. The van der Waals surface area contributed by atoms with E-state index in [9.17, 15) is 8.78 Å². The number of hydrogen-bond donors (Lipinski definition) is 0. The van der Waals surface area contributed by atoms with Crippen molar-refractivity contribution >= 4 is 19.2 Å². The predicted molar refractivity (Wildman–Crippen MR) is 118 cm³/mol. The van der Waals surface area contributed by atoms with Crippen molar-refractivity contribution in [1.29, 1.82) is 0 Å². The first-order valence-electron chi connectivity index (χ1n) is 9.98. The fraction of sp³-hybridized carbons (Fsp3) is 0.391. The summed E-state index contributed by atoms with van der Waals surface area (Å²) >= 11 is 0. The molecule has 0 aliphatic carbocycles. The van der Waals surface area contributed by atoms with Gasteiger partial charge in [0, 0.05) is 17.1 Å². The van der Waals surface area contributed by atoms with Crippen molar-refractivity contribution in [2.75, 3.05) is 13.3 Å². The molecule has 0 saturated carbocycles. The van der Waals surface area contributed by atoms with E-state index in [1.807, 2.05) is 30.3 Å². The second-order valence-corrected chi connectivity index (χ2v) is 13.6. The quantitative estimate of drug-likeness (QED) is 0.332. The highest BCUT2D eigenvalue weighted by Gasteiger charge is 2.39. The molecule has 0 radical (unpaired) electrons. The summed E-state index contributed by atoms with van der Waals surface area (Å²) in [6, 6.07) is 12.3. The minimum atomic E-state index is -2.07. The van der Waals surface area contributed by atoms with Crippen LogP contribution in [0.5, 0.6) is 5.75 Å². The molecule has 0 aliphatic heterocycles. The lowest BCUT2D eigenvalue weighted by molar-refractivity contribution is 0.0920. The van der Waals surface area contributed by atoms with Crippen LogP contribution >= 0.6 is 0 Å². The van der Waals surface area contributed by atoms with Crippen molar-refractivity contribution in [1.82, 2.24) is 9.97 Å². The smallest absolute Gasteiger partial charge is 0.212 e. The summed E-state index contributed by atoms with van der Waals surface area (Å²) in [4.78, 5) is 8.28. The van der Waals surface area contributed by atoms with Crippen LogP contribution in [-0.4, -0.2) is 37.7 Å². The predicted octanol–water partition coefficient (Wildman–Crippen LogP) is 6.17. The van der Waals surface area contributed by atoms with E-state index >= 15 is 0 Å². The fourth-order valence-corrected chi connectivity index (χ4v) is 4.09. The Morgan fingerprint density at radius 2 is 1.83 bits per heavy atom. The molecule has 30 heavy (non-hydrogen) atoms. The molecule has 0 spiro atoms. The van der Waals surface area contributed by atoms with Gasteiger partial charge in [0.25, 0.3) is 0 Å². The van der Waals surface area contributed by atoms with Crippen LogP contribution in [-0.2, 0) is 4.43 Å². The summed E-state index contributed by atoms with van der Waals surface area (Å²) < 4.78 is 38.5. The molecular weight excluding hydrogens is 402 g/mol. The maximum Gasteiger partial charge on any atom is 0.212 e. The van der Waals surface area contributed by atoms with Crippen LogP contribution in [0.4, 0.5) is 8.78 Å². The molecule has 3 aromatic rings. The summed E-state index contributed by atoms with van der Waals surface area (Å²) in [5.74, 6) is 0.114. The molecule has 7 heteroatoms. The van der Waals surface area contributed by atoms with E-state index in [0.29, 0.717) is 11.4 Å². The van der Waals surface area contributed by atoms with Gasteiger partial charge in [-0.1, -0.05) is 26.8 Å². The number of ether oxygens (including phenoxy) is 1. The zero-order valence-corrected chi connectivity index (χ0v) is 19.1. The van der Waals surface area contributed by atoms with Gasteiger partial charge in [0.2, 0.25) is 5.95 Å². The molecule has 160 valence electrons. The van der Waals surface area contributed by atoms with Crippen molar-refractivity contribution in [2.45, 2.75) is 45.0 Å². The highest BCUT2D eigenvalue weighted by molar-refractivity contribution is 6.74. The largest absolute Gasteiger partial charge is 0.491 e. The summed E-state index contributed by atoms with van der Waals surface area (Å²) in [6.07, 6.45) is 0.869. The summed E-state index contributed by atoms with van der Waals surface area (Å²) in [5, 5.41) is 0.903. The lowest BCUT2D eigenvalue weighted by Gasteiger charge is -2.38. The first-order chi connectivity index (χ1) is 14.1. The minimum absolute atomic E-state index is 0.00673. The molecule has 2 heterocycles. The van der Waals surface area contributed by atoms with Crippen molar-refractivity contribution in [3.05, 3.63) is 54.6 Å². The van der Waals surface area contributed by atoms with Crippen molar-refractivity contribution < 1.29 is 17.9 Å². The number of pyridine rings is 2. The number of aromatic nitrogens is 2. The summed E-state index contributed by atoms with van der Waals surface area (Å²) in [5.41, 5.74) is 2.24. The van der Waals surface area contributed by atoms with Crippen LogP contribution in [0.2, 0.25) is 18.1 Å². The number of hydrogen-bond acceptors (Lipinski definition) is 4. The zero-order chi connectivity index (χ0) is 21.9. The Morgan fingerprint density at radius 1 is 1.07 bits per heavy atom. The SMILES string of the molecule is CC(C)(C)[Si](C)(C)OC(CF)COc1ccc2nc(-c3ccc(F)nc3)ccc2c1. The van der Waals surface area contributed by atoms with Crippen LogP contribution in [0.1, 0.15) is 20.8 Å². The summed E-state index contributed by atoms with van der Waals surface area (Å²) in [6.45, 7) is 10.2. The first-order valence-corrected chi connectivity index (χ1v) is 12.9. The molecule has 4 nitrogen and oxygen atoms in total. The number of halogens is 2. The Bertz CT molecular complexity index is 1000. The van der Waals surface area contributed by atoms with Gasteiger partial charge >= 0.3 is 0 Å². The highest BCUT2D eigenvalue weighted by atomic mass is 28.4. The van der Waals surface area contributed by atoms with Gasteiger partial charge in [-0.15, -0.1) is 0 Å². The topological polar surface area (TPSA) is 44.2 Å². The highest BCUT2D eigenvalue weighted by Crippen LogP contribution is 2.37. The third-order valence-electron chi connectivity index (χ3n) is 5.56. The molecule has 0 saturated heterocycles.